The smallest absolute Gasteiger partial charge is 0.284 e. The molecule has 1 amide bonds. The van der Waals surface area contributed by atoms with E-state index < -0.39 is 4.92 Å². The Hall–Kier alpha value is -1.69. The zero-order valence-electron chi connectivity index (χ0n) is 10.8. The molecule has 1 aromatic rings. The molecular weight excluding hydrogens is 324 g/mol. The molecule has 0 saturated heterocycles. The number of nitrogens with one attached hydrogen (secondary N) is 1. The normalized spacial score (nSPS) is 17.8. The standard InChI is InChI=1S/C14H15BrN2O3/c15-12-7-6-11(8-13(12)17(19)20)14(18)16-9-10-4-2-1-3-5-10/h1-2,6-8,10H,3-5,9H2,(H,16,18). The van der Waals surface area contributed by atoms with Crippen molar-refractivity contribution in [1.29, 1.82) is 0 Å². The average molecular weight is 339 g/mol. The molecule has 106 valence electrons. The van der Waals surface area contributed by atoms with E-state index in [2.05, 4.69) is 33.4 Å². The number of halogens is 1. The van der Waals surface area contributed by atoms with Crippen molar-refractivity contribution < 1.29 is 9.72 Å². The Morgan fingerprint density at radius 1 is 1.45 bits per heavy atom. The van der Waals surface area contributed by atoms with Gasteiger partial charge in [-0.2, -0.15) is 0 Å². The first-order chi connectivity index (χ1) is 9.58. The molecule has 0 radical (unpaired) electrons. The number of nitro benzene ring substituents is 1. The third-order valence-electron chi connectivity index (χ3n) is 3.33. The van der Waals surface area contributed by atoms with Crippen molar-refractivity contribution in [2.45, 2.75) is 19.3 Å². The molecule has 1 aliphatic carbocycles. The Balaban J connectivity index is 2.00. The molecule has 0 aliphatic heterocycles. The minimum Gasteiger partial charge on any atom is -0.352 e. The summed E-state index contributed by atoms with van der Waals surface area (Å²) >= 11 is 3.10. The summed E-state index contributed by atoms with van der Waals surface area (Å²) in [6.45, 7) is 0.604. The second-order valence-electron chi connectivity index (χ2n) is 4.78. The Bertz CT molecular complexity index is 557. The van der Waals surface area contributed by atoms with Crippen molar-refractivity contribution in [1.82, 2.24) is 5.32 Å². The minimum atomic E-state index is -0.507. The quantitative estimate of drug-likeness (QED) is 0.519. The maximum Gasteiger partial charge on any atom is 0.284 e. The summed E-state index contributed by atoms with van der Waals surface area (Å²) in [5.41, 5.74) is 0.213. The fourth-order valence-corrected chi connectivity index (χ4v) is 2.57. The van der Waals surface area contributed by atoms with Gasteiger partial charge in [0.2, 0.25) is 0 Å². The largest absolute Gasteiger partial charge is 0.352 e. The molecule has 6 heteroatoms. The van der Waals surface area contributed by atoms with Gasteiger partial charge in [0.1, 0.15) is 0 Å². The van der Waals surface area contributed by atoms with Crippen LogP contribution in [0.25, 0.3) is 0 Å². The van der Waals surface area contributed by atoms with Crippen molar-refractivity contribution in [2.75, 3.05) is 6.54 Å². The van der Waals surface area contributed by atoms with Crippen LogP contribution >= 0.6 is 15.9 Å². The number of nitro groups is 1. The number of hydrogen-bond acceptors (Lipinski definition) is 3. The topological polar surface area (TPSA) is 72.2 Å². The number of carbonyl (C=O) groups is 1. The van der Waals surface area contributed by atoms with E-state index in [1.165, 1.54) is 12.1 Å². The van der Waals surface area contributed by atoms with Gasteiger partial charge in [0.05, 0.1) is 9.40 Å². The first-order valence-corrected chi connectivity index (χ1v) is 7.24. The van der Waals surface area contributed by atoms with E-state index >= 15 is 0 Å². The van der Waals surface area contributed by atoms with Crippen LogP contribution in [0.3, 0.4) is 0 Å². The second kappa shape index (κ2) is 6.65. The van der Waals surface area contributed by atoms with Crippen molar-refractivity contribution in [3.63, 3.8) is 0 Å². The third-order valence-corrected chi connectivity index (χ3v) is 4.00. The Labute approximate surface area is 125 Å². The summed E-state index contributed by atoms with van der Waals surface area (Å²) in [5, 5.41) is 13.7. The molecule has 1 N–H and O–H groups in total. The molecule has 1 atom stereocenters. The van der Waals surface area contributed by atoms with E-state index in [1.54, 1.807) is 6.07 Å². The lowest BCUT2D eigenvalue weighted by Crippen LogP contribution is -2.29. The summed E-state index contributed by atoms with van der Waals surface area (Å²) in [7, 11) is 0. The van der Waals surface area contributed by atoms with E-state index in [1.807, 2.05) is 0 Å². The molecule has 0 aromatic heterocycles. The molecule has 1 unspecified atom stereocenters. The zero-order chi connectivity index (χ0) is 14.5. The SMILES string of the molecule is O=C(NCC1CC=CCC1)c1ccc(Br)c([N+](=O)[O-])c1. The summed E-state index contributed by atoms with van der Waals surface area (Å²) < 4.78 is 0.372. The van der Waals surface area contributed by atoms with E-state index in [9.17, 15) is 14.9 Å². The summed E-state index contributed by atoms with van der Waals surface area (Å²) in [6.07, 6.45) is 7.36. The van der Waals surface area contributed by atoms with Gasteiger partial charge in [0.15, 0.2) is 0 Å². The highest BCUT2D eigenvalue weighted by Crippen LogP contribution is 2.25. The van der Waals surface area contributed by atoms with Gasteiger partial charge in [-0.05, 0) is 53.2 Å². The van der Waals surface area contributed by atoms with Crippen LogP contribution in [-0.2, 0) is 0 Å². The van der Waals surface area contributed by atoms with Crippen molar-refractivity contribution in [3.05, 3.63) is 50.5 Å². The van der Waals surface area contributed by atoms with Gasteiger partial charge in [-0.3, -0.25) is 14.9 Å². The summed E-state index contributed by atoms with van der Waals surface area (Å²) in [5.74, 6) is 0.185. The lowest BCUT2D eigenvalue weighted by atomic mass is 9.94. The molecule has 0 heterocycles. The predicted molar refractivity (Wildman–Crippen MR) is 79.6 cm³/mol. The number of benzene rings is 1. The lowest BCUT2D eigenvalue weighted by Gasteiger charge is -2.18. The van der Waals surface area contributed by atoms with Crippen LogP contribution in [0.1, 0.15) is 29.6 Å². The number of rotatable bonds is 4. The Morgan fingerprint density at radius 3 is 2.90 bits per heavy atom. The van der Waals surface area contributed by atoms with Crippen LogP contribution in [-0.4, -0.2) is 17.4 Å². The fourth-order valence-electron chi connectivity index (χ4n) is 2.17. The van der Waals surface area contributed by atoms with E-state index in [0.717, 1.165) is 19.3 Å². The van der Waals surface area contributed by atoms with Crippen LogP contribution < -0.4 is 5.32 Å². The number of nitrogens with zero attached hydrogens (tertiary/aromatic N) is 1. The van der Waals surface area contributed by atoms with Gasteiger partial charge in [0.25, 0.3) is 11.6 Å². The van der Waals surface area contributed by atoms with E-state index in [0.29, 0.717) is 22.5 Å². The number of hydrogen-bond donors (Lipinski definition) is 1. The maximum atomic E-state index is 12.0. The van der Waals surface area contributed by atoms with Crippen LogP contribution in [0.5, 0.6) is 0 Å². The molecule has 0 spiro atoms. The lowest BCUT2D eigenvalue weighted by molar-refractivity contribution is -0.385. The second-order valence-corrected chi connectivity index (χ2v) is 5.64. The third kappa shape index (κ3) is 3.66. The summed E-state index contributed by atoms with van der Waals surface area (Å²) in [6, 6.07) is 4.39. The van der Waals surface area contributed by atoms with Crippen LogP contribution in [0.4, 0.5) is 5.69 Å². The molecule has 5 nitrogen and oxygen atoms in total. The van der Waals surface area contributed by atoms with Crippen LogP contribution in [0.15, 0.2) is 34.8 Å². The van der Waals surface area contributed by atoms with Crippen LogP contribution in [0.2, 0.25) is 0 Å². The monoisotopic (exact) mass is 338 g/mol. The van der Waals surface area contributed by atoms with Gasteiger partial charge < -0.3 is 5.32 Å². The maximum absolute atomic E-state index is 12.0. The zero-order valence-corrected chi connectivity index (χ0v) is 12.4. The molecule has 0 fully saturated rings. The molecule has 0 bridgehead atoms. The molecular formula is C14H15BrN2O3. The number of carbonyl (C=O) groups excluding carboxylic acids is 1. The number of allylic oxidation sites excluding steroid dienone is 2. The first-order valence-electron chi connectivity index (χ1n) is 6.45. The molecule has 20 heavy (non-hydrogen) atoms. The highest BCUT2D eigenvalue weighted by atomic mass is 79.9. The van der Waals surface area contributed by atoms with Crippen molar-refractivity contribution in [3.8, 4) is 0 Å². The molecule has 1 aromatic carbocycles. The summed E-state index contributed by atoms with van der Waals surface area (Å²) in [4.78, 5) is 22.3. The average Bonchev–Trinajstić information content (AvgIpc) is 2.46. The first kappa shape index (κ1) is 14.7. The fraction of sp³-hybridized carbons (Fsp3) is 0.357. The molecule has 2 rings (SSSR count). The van der Waals surface area contributed by atoms with Gasteiger partial charge in [-0.25, -0.2) is 0 Å². The van der Waals surface area contributed by atoms with Gasteiger partial charge >= 0.3 is 0 Å². The van der Waals surface area contributed by atoms with Crippen molar-refractivity contribution in [2.24, 2.45) is 5.92 Å². The minimum absolute atomic E-state index is 0.0988. The Kier molecular flexibility index (Phi) is 4.89. The van der Waals surface area contributed by atoms with Crippen LogP contribution in [0, 0.1) is 16.0 Å². The van der Waals surface area contributed by atoms with E-state index in [-0.39, 0.29) is 11.6 Å². The molecule has 0 saturated carbocycles. The van der Waals surface area contributed by atoms with Gasteiger partial charge in [-0.15, -0.1) is 0 Å². The van der Waals surface area contributed by atoms with Gasteiger partial charge in [-0.1, -0.05) is 12.2 Å². The van der Waals surface area contributed by atoms with Crippen molar-refractivity contribution >= 4 is 27.5 Å². The predicted octanol–water partition coefficient (Wildman–Crippen LogP) is 3.44. The molecule has 1 aliphatic rings. The highest BCUT2D eigenvalue weighted by molar-refractivity contribution is 9.10. The number of amides is 1. The Morgan fingerprint density at radius 2 is 2.25 bits per heavy atom. The van der Waals surface area contributed by atoms with Gasteiger partial charge in [0, 0.05) is 18.2 Å². The van der Waals surface area contributed by atoms with E-state index in [4.69, 9.17) is 0 Å². The highest BCUT2D eigenvalue weighted by Gasteiger charge is 2.17.